The molecule has 7 heteroatoms. The number of furan rings is 1. The number of piperidine rings is 1. The molecule has 0 bridgehead atoms. The molecule has 2 heterocycles. The van der Waals surface area contributed by atoms with Crippen LogP contribution >= 0.6 is 0 Å². The SMILES string of the molecule is O=C(CC1CCN(CC(F)(F)F)CC1)NCCc1ccco1. The van der Waals surface area contributed by atoms with Crippen LogP contribution in [0.4, 0.5) is 13.2 Å². The number of hydrogen-bond acceptors (Lipinski definition) is 3. The maximum absolute atomic E-state index is 12.3. The Bertz CT molecular complexity index is 452. The molecule has 1 saturated heterocycles. The van der Waals surface area contributed by atoms with Gasteiger partial charge in [0, 0.05) is 19.4 Å². The van der Waals surface area contributed by atoms with Gasteiger partial charge >= 0.3 is 6.18 Å². The van der Waals surface area contributed by atoms with E-state index < -0.39 is 12.7 Å². The number of nitrogens with one attached hydrogen (secondary N) is 1. The molecule has 22 heavy (non-hydrogen) atoms. The quantitative estimate of drug-likeness (QED) is 0.877. The topological polar surface area (TPSA) is 45.5 Å². The van der Waals surface area contributed by atoms with E-state index in [-0.39, 0.29) is 11.8 Å². The van der Waals surface area contributed by atoms with Gasteiger partial charge in [0.15, 0.2) is 0 Å². The Kier molecular flexibility index (Phi) is 5.88. The Morgan fingerprint density at radius 2 is 2.09 bits per heavy atom. The summed E-state index contributed by atoms with van der Waals surface area (Å²) in [6.07, 6.45) is -0.244. The van der Waals surface area contributed by atoms with Gasteiger partial charge in [0.2, 0.25) is 5.91 Å². The molecule has 1 aromatic rings. The Morgan fingerprint density at radius 3 is 2.68 bits per heavy atom. The smallest absolute Gasteiger partial charge is 0.401 e. The second kappa shape index (κ2) is 7.67. The minimum Gasteiger partial charge on any atom is -0.469 e. The van der Waals surface area contributed by atoms with Gasteiger partial charge in [-0.2, -0.15) is 13.2 Å². The number of hydrogen-bond donors (Lipinski definition) is 1. The van der Waals surface area contributed by atoms with Gasteiger partial charge in [-0.15, -0.1) is 0 Å². The monoisotopic (exact) mass is 318 g/mol. The van der Waals surface area contributed by atoms with E-state index in [4.69, 9.17) is 4.42 Å². The third-order valence-corrected chi connectivity index (χ3v) is 3.86. The average molecular weight is 318 g/mol. The zero-order valence-corrected chi connectivity index (χ0v) is 12.4. The van der Waals surface area contributed by atoms with Gasteiger partial charge in [0.1, 0.15) is 5.76 Å². The fraction of sp³-hybridized carbons (Fsp3) is 0.667. The summed E-state index contributed by atoms with van der Waals surface area (Å²) in [5.41, 5.74) is 0. The second-order valence-corrected chi connectivity index (χ2v) is 5.72. The summed E-state index contributed by atoms with van der Waals surface area (Å²) < 4.78 is 42.0. The molecule has 1 amide bonds. The van der Waals surface area contributed by atoms with Crippen LogP contribution in [-0.4, -0.2) is 43.2 Å². The molecule has 1 aromatic heterocycles. The van der Waals surface area contributed by atoms with E-state index in [0.29, 0.717) is 45.3 Å². The molecule has 0 aliphatic carbocycles. The molecule has 0 aromatic carbocycles. The zero-order valence-electron chi connectivity index (χ0n) is 12.4. The van der Waals surface area contributed by atoms with Crippen molar-refractivity contribution in [3.05, 3.63) is 24.2 Å². The Balaban J connectivity index is 1.60. The number of alkyl halides is 3. The largest absolute Gasteiger partial charge is 0.469 e. The number of likely N-dealkylation sites (tertiary alicyclic amines) is 1. The summed E-state index contributed by atoms with van der Waals surface area (Å²) >= 11 is 0. The number of nitrogens with zero attached hydrogens (tertiary/aromatic N) is 1. The first kappa shape index (κ1) is 16.9. The highest BCUT2D eigenvalue weighted by atomic mass is 19.4. The van der Waals surface area contributed by atoms with E-state index >= 15 is 0 Å². The highest BCUT2D eigenvalue weighted by Gasteiger charge is 2.32. The zero-order chi connectivity index (χ0) is 16.0. The fourth-order valence-electron chi connectivity index (χ4n) is 2.72. The Morgan fingerprint density at radius 1 is 1.36 bits per heavy atom. The van der Waals surface area contributed by atoms with Crippen LogP contribution in [0.5, 0.6) is 0 Å². The van der Waals surface area contributed by atoms with Crippen molar-refractivity contribution in [3.63, 3.8) is 0 Å². The standard InChI is InChI=1S/C15H21F3N2O2/c16-15(17,18)11-20-7-4-12(5-8-20)10-14(21)19-6-3-13-2-1-9-22-13/h1-2,9,12H,3-8,10-11H2,(H,19,21). The molecule has 0 unspecified atom stereocenters. The lowest BCUT2D eigenvalue weighted by atomic mass is 9.93. The maximum atomic E-state index is 12.3. The van der Waals surface area contributed by atoms with Crippen LogP contribution in [0.15, 0.2) is 22.8 Å². The van der Waals surface area contributed by atoms with E-state index in [0.717, 1.165) is 5.76 Å². The van der Waals surface area contributed by atoms with Gasteiger partial charge in [-0.05, 0) is 44.0 Å². The van der Waals surface area contributed by atoms with Crippen molar-refractivity contribution in [2.24, 2.45) is 5.92 Å². The fourth-order valence-corrected chi connectivity index (χ4v) is 2.72. The first-order chi connectivity index (χ1) is 10.4. The summed E-state index contributed by atoms with van der Waals surface area (Å²) in [6, 6.07) is 3.65. The van der Waals surface area contributed by atoms with Crippen LogP contribution in [0, 0.1) is 5.92 Å². The van der Waals surface area contributed by atoms with Crippen LogP contribution in [0.2, 0.25) is 0 Å². The summed E-state index contributed by atoms with van der Waals surface area (Å²) in [6.45, 7) is 0.474. The number of rotatable bonds is 6. The van der Waals surface area contributed by atoms with Crippen molar-refractivity contribution in [2.75, 3.05) is 26.2 Å². The van der Waals surface area contributed by atoms with Crippen molar-refractivity contribution < 1.29 is 22.4 Å². The molecule has 0 spiro atoms. The van der Waals surface area contributed by atoms with Crippen LogP contribution in [0.25, 0.3) is 0 Å². The van der Waals surface area contributed by atoms with Gasteiger partial charge in [-0.25, -0.2) is 0 Å². The third kappa shape index (κ3) is 6.09. The van der Waals surface area contributed by atoms with E-state index in [1.54, 1.807) is 12.3 Å². The summed E-state index contributed by atoms with van der Waals surface area (Å²) in [5.74, 6) is 0.953. The maximum Gasteiger partial charge on any atom is 0.401 e. The van der Waals surface area contributed by atoms with Gasteiger partial charge < -0.3 is 9.73 Å². The molecule has 2 rings (SSSR count). The molecule has 1 aliphatic heterocycles. The van der Waals surface area contributed by atoms with E-state index in [9.17, 15) is 18.0 Å². The molecule has 0 atom stereocenters. The second-order valence-electron chi connectivity index (χ2n) is 5.72. The van der Waals surface area contributed by atoms with Crippen LogP contribution in [-0.2, 0) is 11.2 Å². The Labute approximate surface area is 127 Å². The summed E-state index contributed by atoms with van der Waals surface area (Å²) in [4.78, 5) is 13.2. The van der Waals surface area contributed by atoms with E-state index in [1.165, 1.54) is 4.90 Å². The molecule has 1 aliphatic rings. The molecule has 1 N–H and O–H groups in total. The molecular weight excluding hydrogens is 297 g/mol. The minimum atomic E-state index is -4.14. The first-order valence-corrected chi connectivity index (χ1v) is 7.50. The van der Waals surface area contributed by atoms with Gasteiger partial charge in [-0.3, -0.25) is 9.69 Å². The number of carbonyl (C=O) groups excluding carboxylic acids is 1. The van der Waals surface area contributed by atoms with Crippen LogP contribution in [0.3, 0.4) is 0 Å². The van der Waals surface area contributed by atoms with Crippen molar-refractivity contribution in [3.8, 4) is 0 Å². The molecule has 1 fully saturated rings. The lowest BCUT2D eigenvalue weighted by molar-refractivity contribution is -0.149. The average Bonchev–Trinajstić information content (AvgIpc) is 2.92. The van der Waals surface area contributed by atoms with E-state index in [2.05, 4.69) is 5.32 Å². The van der Waals surface area contributed by atoms with Crippen molar-refractivity contribution in [1.82, 2.24) is 10.2 Å². The molecular formula is C15H21F3N2O2. The van der Waals surface area contributed by atoms with Gasteiger partial charge in [0.05, 0.1) is 12.8 Å². The van der Waals surface area contributed by atoms with E-state index in [1.807, 2.05) is 6.07 Å². The lowest BCUT2D eigenvalue weighted by Gasteiger charge is -2.32. The predicted molar refractivity (Wildman–Crippen MR) is 75.3 cm³/mol. The van der Waals surface area contributed by atoms with Crippen molar-refractivity contribution >= 4 is 5.91 Å². The van der Waals surface area contributed by atoms with Crippen LogP contribution in [0.1, 0.15) is 25.0 Å². The molecule has 4 nitrogen and oxygen atoms in total. The number of halogens is 3. The third-order valence-electron chi connectivity index (χ3n) is 3.86. The van der Waals surface area contributed by atoms with Crippen molar-refractivity contribution in [2.45, 2.75) is 31.9 Å². The lowest BCUT2D eigenvalue weighted by Crippen LogP contribution is -2.41. The van der Waals surface area contributed by atoms with Crippen LogP contribution < -0.4 is 5.32 Å². The molecule has 0 radical (unpaired) electrons. The van der Waals surface area contributed by atoms with Crippen molar-refractivity contribution in [1.29, 1.82) is 0 Å². The minimum absolute atomic E-state index is 0.0409. The summed E-state index contributed by atoms with van der Waals surface area (Å²) in [7, 11) is 0. The first-order valence-electron chi connectivity index (χ1n) is 7.50. The summed E-state index contributed by atoms with van der Waals surface area (Å²) in [5, 5.41) is 2.83. The Hall–Kier alpha value is -1.50. The molecule has 124 valence electrons. The van der Waals surface area contributed by atoms with Gasteiger partial charge in [0.25, 0.3) is 0 Å². The highest BCUT2D eigenvalue weighted by Crippen LogP contribution is 2.24. The normalized spacial score (nSPS) is 17.6. The van der Waals surface area contributed by atoms with Gasteiger partial charge in [-0.1, -0.05) is 0 Å². The highest BCUT2D eigenvalue weighted by molar-refractivity contribution is 5.76. The number of carbonyl (C=O) groups is 1. The molecule has 0 saturated carbocycles. The number of amides is 1. The predicted octanol–water partition coefficient (Wildman–Crippen LogP) is 2.60.